The van der Waals surface area contributed by atoms with E-state index in [4.69, 9.17) is 0 Å². The van der Waals surface area contributed by atoms with Gasteiger partial charge in [0, 0.05) is 62.5 Å². The normalized spacial score (nSPS) is 12.1. The molecule has 0 N–H and O–H groups in total. The van der Waals surface area contributed by atoms with Crippen LogP contribution in [0.1, 0.15) is 72.9 Å². The number of para-hydroxylation sites is 2. The van der Waals surface area contributed by atoms with Crippen LogP contribution in [0, 0.1) is 27.7 Å². The lowest BCUT2D eigenvalue weighted by molar-refractivity contribution is 0.875. The number of rotatable bonds is 10. The average Bonchev–Trinajstić information content (AvgIpc) is 4.18. The van der Waals surface area contributed by atoms with Gasteiger partial charge in [-0.3, -0.25) is 0 Å². The number of anilines is 6. The largest absolute Gasteiger partial charge is 0.309 e. The summed E-state index contributed by atoms with van der Waals surface area (Å²) in [6.45, 7) is 18.7. The molecule has 378 valence electrons. The van der Waals surface area contributed by atoms with Crippen LogP contribution in [0.15, 0.2) is 206 Å². The molecule has 0 radical (unpaired) electrons. The fraction of sp³-hybridized carbons (Fsp3) is 0.135. The highest BCUT2D eigenvalue weighted by Crippen LogP contribution is 2.53. The van der Waals surface area contributed by atoms with Crippen molar-refractivity contribution in [3.8, 4) is 22.3 Å². The minimum absolute atomic E-state index is 0.268. The highest BCUT2D eigenvalue weighted by Gasteiger charge is 2.29. The number of thiophene rings is 2. The van der Waals surface area contributed by atoms with E-state index in [-0.39, 0.29) is 11.8 Å². The summed E-state index contributed by atoms with van der Waals surface area (Å²) in [4.78, 5) is 5.14. The molecule has 2 nitrogen and oxygen atoms in total. The summed E-state index contributed by atoms with van der Waals surface area (Å²) in [6.07, 6.45) is 0. The third kappa shape index (κ3) is 7.56. The van der Waals surface area contributed by atoms with E-state index in [2.05, 4.69) is 271 Å². The summed E-state index contributed by atoms with van der Waals surface area (Å²) in [5.74, 6) is 0.536. The quantitative estimate of drug-likeness (QED) is 0.126. The van der Waals surface area contributed by atoms with Gasteiger partial charge in [0.15, 0.2) is 0 Å². The molecule has 0 unspecified atom stereocenters. The molecule has 14 aromatic rings. The van der Waals surface area contributed by atoms with Gasteiger partial charge in [-0.05, 0) is 190 Å². The number of hydrogen-bond acceptors (Lipinski definition) is 4. The topological polar surface area (TPSA) is 6.48 Å². The molecular weight excluding hydrogens is 981 g/mol. The van der Waals surface area contributed by atoms with Crippen LogP contribution in [0.3, 0.4) is 0 Å². The molecule has 12 aromatic carbocycles. The molecule has 14 rings (SSSR count). The summed E-state index contributed by atoms with van der Waals surface area (Å²) in [5, 5.41) is 13.1. The smallest absolute Gasteiger partial charge is 0.0543 e. The van der Waals surface area contributed by atoms with Gasteiger partial charge in [-0.1, -0.05) is 161 Å². The number of nitrogens with zero attached hydrogens (tertiary/aromatic N) is 2. The summed E-state index contributed by atoms with van der Waals surface area (Å²) in [6, 6.07) is 77.9. The second kappa shape index (κ2) is 18.7. The van der Waals surface area contributed by atoms with Crippen molar-refractivity contribution in [3.63, 3.8) is 0 Å². The molecule has 0 fully saturated rings. The Hall–Kier alpha value is -8.28. The summed E-state index contributed by atoms with van der Waals surface area (Å²) >= 11 is 3.80. The zero-order valence-electron chi connectivity index (χ0n) is 45.5. The van der Waals surface area contributed by atoms with Gasteiger partial charge in [-0.25, -0.2) is 0 Å². The number of hydrogen-bond donors (Lipinski definition) is 0. The molecule has 2 aromatic heterocycles. The molecule has 0 aliphatic heterocycles. The van der Waals surface area contributed by atoms with Crippen molar-refractivity contribution < 1.29 is 0 Å². The van der Waals surface area contributed by atoms with Crippen LogP contribution in [0.2, 0.25) is 0 Å². The van der Waals surface area contributed by atoms with Gasteiger partial charge >= 0.3 is 0 Å². The highest BCUT2D eigenvalue weighted by atomic mass is 32.1. The van der Waals surface area contributed by atoms with Gasteiger partial charge in [-0.15, -0.1) is 22.7 Å². The van der Waals surface area contributed by atoms with Gasteiger partial charge in [0.25, 0.3) is 0 Å². The van der Waals surface area contributed by atoms with Crippen LogP contribution < -0.4 is 9.80 Å². The Morgan fingerprint density at radius 3 is 1.05 bits per heavy atom. The zero-order chi connectivity index (χ0) is 53.1. The standard InChI is InChI=1S/C74H60N2S2/c1-43(2)63-41-65(75(51-21-11-9-12-22-51)71-45(5)37-49(38-46(71)6)53-27-19-29-59-55-25-15-17-31-67(55)77-73(53)59)61-36-34-58-64(44(3)4)42-66(62-35-33-57(63)69(61)70(58)62)76(52-23-13-10-14-24-52)72-47(7)39-50(40-48(72)8)54-28-20-30-60-56-26-16-18-32-68(56)78-74(54)60/h9-44H,1-8H3. The van der Waals surface area contributed by atoms with Crippen LogP contribution in [-0.4, -0.2) is 0 Å². The van der Waals surface area contributed by atoms with Gasteiger partial charge in [-0.2, -0.15) is 0 Å². The van der Waals surface area contributed by atoms with Crippen LogP contribution >= 0.6 is 22.7 Å². The predicted molar refractivity (Wildman–Crippen MR) is 343 cm³/mol. The van der Waals surface area contributed by atoms with Crippen LogP contribution in [0.5, 0.6) is 0 Å². The third-order valence-electron chi connectivity index (χ3n) is 16.5. The van der Waals surface area contributed by atoms with E-state index in [0.29, 0.717) is 0 Å². The van der Waals surface area contributed by atoms with Crippen molar-refractivity contribution in [3.05, 3.63) is 240 Å². The Bertz CT molecular complexity index is 4330. The zero-order valence-corrected chi connectivity index (χ0v) is 47.1. The van der Waals surface area contributed by atoms with Crippen LogP contribution in [-0.2, 0) is 0 Å². The first-order chi connectivity index (χ1) is 38.0. The van der Waals surface area contributed by atoms with Crippen molar-refractivity contribution in [2.75, 3.05) is 9.80 Å². The number of fused-ring (bicyclic) bond motifs is 6. The Balaban J connectivity index is 1.00. The predicted octanol–water partition coefficient (Wildman–Crippen LogP) is 23.1. The number of aryl methyl sites for hydroxylation is 4. The van der Waals surface area contributed by atoms with Gasteiger partial charge in [0.1, 0.15) is 0 Å². The molecular formula is C74H60N2S2. The Morgan fingerprint density at radius 1 is 0.321 bits per heavy atom. The fourth-order valence-corrected chi connectivity index (χ4v) is 15.6. The molecule has 0 amide bonds. The maximum absolute atomic E-state index is 2.57. The van der Waals surface area contributed by atoms with Crippen molar-refractivity contribution in [1.82, 2.24) is 0 Å². The highest BCUT2D eigenvalue weighted by molar-refractivity contribution is 7.26. The van der Waals surface area contributed by atoms with E-state index in [1.54, 1.807) is 0 Å². The fourth-order valence-electron chi connectivity index (χ4n) is 13.1. The monoisotopic (exact) mass is 1040 g/mol. The lowest BCUT2D eigenvalue weighted by Gasteiger charge is -2.33. The lowest BCUT2D eigenvalue weighted by Crippen LogP contribution is -2.15. The van der Waals surface area contributed by atoms with Crippen LogP contribution in [0.4, 0.5) is 34.1 Å². The van der Waals surface area contributed by atoms with E-state index < -0.39 is 0 Å². The van der Waals surface area contributed by atoms with E-state index >= 15 is 0 Å². The third-order valence-corrected chi connectivity index (χ3v) is 19.0. The maximum Gasteiger partial charge on any atom is 0.0543 e. The number of benzene rings is 12. The molecule has 0 aliphatic carbocycles. The van der Waals surface area contributed by atoms with E-state index in [0.717, 1.165) is 11.4 Å². The molecule has 0 aliphatic rings. The van der Waals surface area contributed by atoms with Crippen molar-refractivity contribution >= 4 is 129 Å². The molecule has 0 bridgehead atoms. The van der Waals surface area contributed by atoms with Gasteiger partial charge in [0.2, 0.25) is 0 Å². The Labute approximate surface area is 465 Å². The van der Waals surface area contributed by atoms with Gasteiger partial charge < -0.3 is 9.80 Å². The molecule has 0 saturated carbocycles. The molecule has 2 heterocycles. The average molecular weight is 1040 g/mol. The second-order valence-electron chi connectivity index (χ2n) is 22.2. The molecule has 0 atom stereocenters. The first-order valence-corrected chi connectivity index (χ1v) is 29.2. The van der Waals surface area contributed by atoms with E-state index in [9.17, 15) is 0 Å². The Kier molecular flexibility index (Phi) is 11.6. The maximum atomic E-state index is 2.57. The van der Waals surface area contributed by atoms with E-state index in [1.807, 2.05) is 22.7 Å². The van der Waals surface area contributed by atoms with Crippen molar-refractivity contribution in [1.29, 1.82) is 0 Å². The molecule has 4 heteroatoms. The first kappa shape index (κ1) is 48.1. The minimum Gasteiger partial charge on any atom is -0.309 e. The Morgan fingerprint density at radius 2 is 0.667 bits per heavy atom. The van der Waals surface area contributed by atoms with E-state index in [1.165, 1.54) is 151 Å². The molecule has 0 spiro atoms. The van der Waals surface area contributed by atoms with Gasteiger partial charge in [0.05, 0.1) is 22.7 Å². The summed E-state index contributed by atoms with van der Waals surface area (Å²) in [5.41, 5.74) is 19.9. The van der Waals surface area contributed by atoms with Crippen LogP contribution in [0.25, 0.3) is 94.9 Å². The minimum atomic E-state index is 0.268. The lowest BCUT2D eigenvalue weighted by atomic mass is 9.83. The SMILES string of the molecule is Cc1cc(-c2cccc3c2sc2ccccc23)cc(C)c1N(c1ccccc1)c1cc(C(C)C)c2ccc3c(N(c4ccccc4)c4c(C)cc(-c5cccc6c5sc5ccccc56)cc4C)cc(C(C)C)c4ccc1c2c43. The summed E-state index contributed by atoms with van der Waals surface area (Å²) < 4.78 is 5.33. The molecule has 0 saturated heterocycles. The first-order valence-electron chi connectivity index (χ1n) is 27.5. The molecule has 78 heavy (non-hydrogen) atoms. The van der Waals surface area contributed by atoms with Crippen molar-refractivity contribution in [2.24, 2.45) is 0 Å². The van der Waals surface area contributed by atoms with Crippen molar-refractivity contribution in [2.45, 2.75) is 67.2 Å². The summed E-state index contributed by atoms with van der Waals surface area (Å²) in [7, 11) is 0. The second-order valence-corrected chi connectivity index (χ2v) is 24.3.